The SMILES string of the molecule is CCc1nnc2n1CC(NCc1c(C)nc3sc(C)cn13)CC2. The Morgan fingerprint density at radius 2 is 2.22 bits per heavy atom. The van der Waals surface area contributed by atoms with Crippen molar-refractivity contribution in [3.8, 4) is 0 Å². The molecule has 6 nitrogen and oxygen atoms in total. The number of imidazole rings is 1. The van der Waals surface area contributed by atoms with Crippen molar-refractivity contribution < 1.29 is 0 Å². The van der Waals surface area contributed by atoms with Crippen molar-refractivity contribution in [3.05, 3.63) is 34.1 Å². The maximum atomic E-state index is 4.67. The summed E-state index contributed by atoms with van der Waals surface area (Å²) in [6.07, 6.45) is 5.25. The second kappa shape index (κ2) is 5.72. The maximum absolute atomic E-state index is 4.67. The van der Waals surface area contributed by atoms with Crippen LogP contribution in [0.25, 0.3) is 4.96 Å². The van der Waals surface area contributed by atoms with Crippen LogP contribution in [-0.4, -0.2) is 30.2 Å². The molecule has 0 bridgehead atoms. The molecule has 0 aliphatic carbocycles. The van der Waals surface area contributed by atoms with Crippen molar-refractivity contribution >= 4 is 16.3 Å². The molecule has 1 unspecified atom stereocenters. The van der Waals surface area contributed by atoms with Gasteiger partial charge in [-0.15, -0.1) is 21.5 Å². The molecule has 122 valence electrons. The predicted molar refractivity (Wildman–Crippen MR) is 90.9 cm³/mol. The number of hydrogen-bond donors (Lipinski definition) is 1. The number of aryl methyl sites for hydroxylation is 4. The number of fused-ring (bicyclic) bond motifs is 2. The number of hydrogen-bond acceptors (Lipinski definition) is 5. The molecule has 1 aliphatic rings. The number of thiazole rings is 1. The van der Waals surface area contributed by atoms with Gasteiger partial charge in [-0.05, 0) is 20.3 Å². The number of aromatic nitrogens is 5. The van der Waals surface area contributed by atoms with Gasteiger partial charge in [0.2, 0.25) is 0 Å². The summed E-state index contributed by atoms with van der Waals surface area (Å²) >= 11 is 1.75. The van der Waals surface area contributed by atoms with E-state index >= 15 is 0 Å². The first kappa shape index (κ1) is 14.8. The van der Waals surface area contributed by atoms with Gasteiger partial charge in [0, 0.05) is 43.0 Å². The molecule has 0 fully saturated rings. The average molecular weight is 330 g/mol. The van der Waals surface area contributed by atoms with Gasteiger partial charge in [0.15, 0.2) is 4.96 Å². The quantitative estimate of drug-likeness (QED) is 0.797. The largest absolute Gasteiger partial charge is 0.313 e. The molecule has 3 aromatic heterocycles. The van der Waals surface area contributed by atoms with E-state index in [1.165, 1.54) is 10.6 Å². The minimum absolute atomic E-state index is 0.466. The van der Waals surface area contributed by atoms with Crippen LogP contribution in [0.15, 0.2) is 6.20 Å². The molecule has 3 aromatic rings. The zero-order valence-electron chi connectivity index (χ0n) is 13.8. The van der Waals surface area contributed by atoms with Crippen molar-refractivity contribution in [2.24, 2.45) is 0 Å². The highest BCUT2D eigenvalue weighted by molar-refractivity contribution is 7.17. The Bertz CT molecular complexity index is 829. The predicted octanol–water partition coefficient (Wildman–Crippen LogP) is 2.27. The van der Waals surface area contributed by atoms with Crippen molar-refractivity contribution in [2.45, 2.75) is 59.2 Å². The second-order valence-electron chi connectivity index (χ2n) is 6.25. The lowest BCUT2D eigenvalue weighted by Gasteiger charge is -2.25. The van der Waals surface area contributed by atoms with Crippen LogP contribution in [0.3, 0.4) is 0 Å². The van der Waals surface area contributed by atoms with E-state index in [4.69, 9.17) is 0 Å². The number of rotatable bonds is 4. The molecule has 1 atom stereocenters. The van der Waals surface area contributed by atoms with E-state index in [0.717, 1.165) is 54.7 Å². The van der Waals surface area contributed by atoms with Gasteiger partial charge in [-0.1, -0.05) is 6.92 Å². The number of nitrogens with one attached hydrogen (secondary N) is 1. The van der Waals surface area contributed by atoms with Gasteiger partial charge in [0.05, 0.1) is 11.4 Å². The first-order valence-corrected chi connectivity index (χ1v) is 9.05. The zero-order chi connectivity index (χ0) is 16.0. The molecule has 23 heavy (non-hydrogen) atoms. The van der Waals surface area contributed by atoms with Crippen molar-refractivity contribution in [1.29, 1.82) is 0 Å². The van der Waals surface area contributed by atoms with Crippen LogP contribution in [0, 0.1) is 13.8 Å². The van der Waals surface area contributed by atoms with Crippen molar-refractivity contribution in [1.82, 2.24) is 29.5 Å². The van der Waals surface area contributed by atoms with E-state index in [1.54, 1.807) is 11.3 Å². The van der Waals surface area contributed by atoms with Gasteiger partial charge < -0.3 is 9.88 Å². The van der Waals surface area contributed by atoms with E-state index in [1.807, 2.05) is 0 Å². The highest BCUT2D eigenvalue weighted by Crippen LogP contribution is 2.21. The monoisotopic (exact) mass is 330 g/mol. The third-order valence-electron chi connectivity index (χ3n) is 4.64. The van der Waals surface area contributed by atoms with Gasteiger partial charge in [-0.3, -0.25) is 4.40 Å². The summed E-state index contributed by atoms with van der Waals surface area (Å²) < 4.78 is 4.52. The van der Waals surface area contributed by atoms with Gasteiger partial charge in [-0.2, -0.15) is 0 Å². The van der Waals surface area contributed by atoms with Crippen LogP contribution in [0.1, 0.15) is 41.3 Å². The molecular formula is C16H22N6S. The average Bonchev–Trinajstić information content (AvgIpc) is 3.17. The topological polar surface area (TPSA) is 60.0 Å². The molecule has 0 aromatic carbocycles. The summed E-state index contributed by atoms with van der Waals surface area (Å²) in [7, 11) is 0. The summed E-state index contributed by atoms with van der Waals surface area (Å²) in [6, 6.07) is 0.466. The summed E-state index contributed by atoms with van der Waals surface area (Å²) in [5.41, 5.74) is 2.40. The van der Waals surface area contributed by atoms with Crippen molar-refractivity contribution in [3.63, 3.8) is 0 Å². The van der Waals surface area contributed by atoms with Crippen LogP contribution in [-0.2, 0) is 25.9 Å². The summed E-state index contributed by atoms with van der Waals surface area (Å²) in [5, 5.41) is 12.3. The summed E-state index contributed by atoms with van der Waals surface area (Å²) in [5.74, 6) is 2.24. The van der Waals surface area contributed by atoms with Gasteiger partial charge >= 0.3 is 0 Å². The lowest BCUT2D eigenvalue weighted by molar-refractivity contribution is 0.371. The molecular weight excluding hydrogens is 308 g/mol. The van der Waals surface area contributed by atoms with Gasteiger partial charge in [0.1, 0.15) is 11.6 Å². The Balaban J connectivity index is 1.50. The molecule has 7 heteroatoms. The lowest BCUT2D eigenvalue weighted by atomic mass is 10.1. The fourth-order valence-corrected chi connectivity index (χ4v) is 4.26. The molecule has 0 radical (unpaired) electrons. The smallest absolute Gasteiger partial charge is 0.194 e. The van der Waals surface area contributed by atoms with Crippen LogP contribution in [0.5, 0.6) is 0 Å². The highest BCUT2D eigenvalue weighted by atomic mass is 32.1. The second-order valence-corrected chi connectivity index (χ2v) is 7.46. The molecule has 4 heterocycles. The normalized spacial score (nSPS) is 17.8. The zero-order valence-corrected chi connectivity index (χ0v) is 14.7. The number of nitrogens with zero attached hydrogens (tertiary/aromatic N) is 5. The third kappa shape index (κ3) is 2.57. The van der Waals surface area contributed by atoms with E-state index in [-0.39, 0.29) is 0 Å². The molecule has 1 aliphatic heterocycles. The first-order valence-electron chi connectivity index (χ1n) is 8.24. The Morgan fingerprint density at radius 1 is 1.35 bits per heavy atom. The fraction of sp³-hybridized carbons (Fsp3) is 0.562. The molecule has 0 saturated heterocycles. The van der Waals surface area contributed by atoms with Crippen LogP contribution in [0.2, 0.25) is 0 Å². The van der Waals surface area contributed by atoms with E-state index < -0.39 is 0 Å². The third-order valence-corrected chi connectivity index (χ3v) is 5.54. The van der Waals surface area contributed by atoms with Gasteiger partial charge in [-0.25, -0.2) is 4.98 Å². The minimum Gasteiger partial charge on any atom is -0.313 e. The van der Waals surface area contributed by atoms with Crippen LogP contribution >= 0.6 is 11.3 Å². The van der Waals surface area contributed by atoms with Crippen LogP contribution < -0.4 is 5.32 Å². The van der Waals surface area contributed by atoms with E-state index in [9.17, 15) is 0 Å². The van der Waals surface area contributed by atoms with E-state index in [2.05, 4.69) is 56.4 Å². The first-order chi connectivity index (χ1) is 11.2. The summed E-state index contributed by atoms with van der Waals surface area (Å²) in [4.78, 5) is 7.06. The molecule has 4 rings (SSSR count). The Morgan fingerprint density at radius 3 is 3.04 bits per heavy atom. The minimum atomic E-state index is 0.466. The molecule has 0 saturated carbocycles. The molecule has 1 N–H and O–H groups in total. The molecule has 0 spiro atoms. The van der Waals surface area contributed by atoms with E-state index in [0.29, 0.717) is 6.04 Å². The van der Waals surface area contributed by atoms with Gasteiger partial charge in [0.25, 0.3) is 0 Å². The standard InChI is InChI=1S/C16H22N6S/c1-4-14-19-20-15-6-5-12(9-22(14)15)17-7-13-11(3)18-16-21(13)8-10(2)23-16/h8,12,17H,4-7,9H2,1-3H3. The highest BCUT2D eigenvalue weighted by Gasteiger charge is 2.22. The molecule has 0 amide bonds. The Kier molecular flexibility index (Phi) is 3.69. The fourth-order valence-electron chi connectivity index (χ4n) is 3.37. The Hall–Kier alpha value is -1.73. The van der Waals surface area contributed by atoms with Crippen LogP contribution in [0.4, 0.5) is 0 Å². The summed E-state index contributed by atoms with van der Waals surface area (Å²) in [6.45, 7) is 8.19. The maximum Gasteiger partial charge on any atom is 0.194 e. The lowest BCUT2D eigenvalue weighted by Crippen LogP contribution is -2.37. The Labute approximate surface area is 139 Å². The van der Waals surface area contributed by atoms with Crippen molar-refractivity contribution in [2.75, 3.05) is 0 Å².